The number of benzene rings is 1. The minimum Gasteiger partial charge on any atom is -0.466 e. The highest BCUT2D eigenvalue weighted by molar-refractivity contribution is 5.94. The van der Waals surface area contributed by atoms with Crippen molar-refractivity contribution in [3.8, 4) is 0 Å². The zero-order valence-electron chi connectivity index (χ0n) is 18.3. The Hall–Kier alpha value is -2.48. The molecule has 0 saturated carbocycles. The lowest BCUT2D eigenvalue weighted by Gasteiger charge is -2.36. The SMILES string of the molecule is CCOC(=O)C1CC[NH+](CC(=O)N(CC(=O)Nc2ccc(F)cc2)C(C)(C)C)CC1. The summed E-state index contributed by atoms with van der Waals surface area (Å²) in [7, 11) is 0. The molecule has 1 saturated heterocycles. The van der Waals surface area contributed by atoms with Crippen LogP contribution in [0.4, 0.5) is 10.1 Å². The van der Waals surface area contributed by atoms with Gasteiger partial charge < -0.3 is 19.9 Å². The molecule has 0 aromatic heterocycles. The molecule has 0 spiro atoms. The first-order valence-electron chi connectivity index (χ1n) is 10.5. The highest BCUT2D eigenvalue weighted by atomic mass is 19.1. The number of quaternary nitrogens is 1. The number of esters is 1. The number of nitrogens with one attached hydrogen (secondary N) is 2. The molecule has 1 aromatic rings. The number of rotatable bonds is 7. The molecule has 1 fully saturated rings. The van der Waals surface area contributed by atoms with Crippen LogP contribution in [-0.2, 0) is 19.1 Å². The van der Waals surface area contributed by atoms with Gasteiger partial charge in [-0.1, -0.05) is 0 Å². The second-order valence-electron chi connectivity index (χ2n) is 8.66. The summed E-state index contributed by atoms with van der Waals surface area (Å²) in [6.45, 7) is 9.46. The van der Waals surface area contributed by atoms with Crippen LogP contribution in [0.25, 0.3) is 0 Å². The second kappa shape index (κ2) is 10.5. The molecular weight excluding hydrogens is 389 g/mol. The number of nitrogens with zero attached hydrogens (tertiary/aromatic N) is 1. The van der Waals surface area contributed by atoms with Gasteiger partial charge in [-0.2, -0.15) is 0 Å². The van der Waals surface area contributed by atoms with Crippen molar-refractivity contribution < 1.29 is 28.4 Å². The van der Waals surface area contributed by atoms with Crippen molar-refractivity contribution in [1.29, 1.82) is 0 Å². The molecule has 30 heavy (non-hydrogen) atoms. The third kappa shape index (κ3) is 7.09. The van der Waals surface area contributed by atoms with E-state index in [1.54, 1.807) is 11.8 Å². The summed E-state index contributed by atoms with van der Waals surface area (Å²) in [6.07, 6.45) is 1.39. The fourth-order valence-corrected chi connectivity index (χ4v) is 3.58. The van der Waals surface area contributed by atoms with Gasteiger partial charge in [-0.05, 0) is 52.0 Å². The summed E-state index contributed by atoms with van der Waals surface area (Å²) in [5.74, 6) is -1.07. The van der Waals surface area contributed by atoms with Crippen molar-refractivity contribution in [3.05, 3.63) is 30.1 Å². The van der Waals surface area contributed by atoms with Gasteiger partial charge in [0, 0.05) is 24.1 Å². The van der Waals surface area contributed by atoms with Crippen LogP contribution in [0.5, 0.6) is 0 Å². The summed E-state index contributed by atoms with van der Waals surface area (Å²) in [4.78, 5) is 40.0. The van der Waals surface area contributed by atoms with Gasteiger partial charge in [0.25, 0.3) is 5.91 Å². The average molecular weight is 423 g/mol. The summed E-state index contributed by atoms with van der Waals surface area (Å²) in [6, 6.07) is 5.50. The Morgan fingerprint density at radius 1 is 1.17 bits per heavy atom. The Labute approximate surface area is 177 Å². The largest absolute Gasteiger partial charge is 0.466 e. The van der Waals surface area contributed by atoms with Gasteiger partial charge in [-0.15, -0.1) is 0 Å². The minimum absolute atomic E-state index is 0.0849. The average Bonchev–Trinajstić information content (AvgIpc) is 2.67. The number of hydrogen-bond donors (Lipinski definition) is 2. The number of carbonyl (C=O) groups is 3. The van der Waals surface area contributed by atoms with Gasteiger partial charge in [0.2, 0.25) is 5.91 Å². The molecular formula is C22H33FN3O4+. The maximum absolute atomic E-state index is 13.0. The van der Waals surface area contributed by atoms with E-state index in [9.17, 15) is 18.8 Å². The number of anilines is 1. The normalized spacial score (nSPS) is 19.1. The zero-order chi connectivity index (χ0) is 22.3. The maximum atomic E-state index is 13.0. The summed E-state index contributed by atoms with van der Waals surface area (Å²) in [5, 5.41) is 2.70. The molecule has 1 aliphatic heterocycles. The third-order valence-electron chi connectivity index (χ3n) is 5.25. The van der Waals surface area contributed by atoms with Gasteiger partial charge in [0.15, 0.2) is 6.54 Å². The summed E-state index contributed by atoms with van der Waals surface area (Å²) < 4.78 is 18.1. The molecule has 166 valence electrons. The molecule has 7 nitrogen and oxygen atoms in total. The predicted octanol–water partition coefficient (Wildman–Crippen LogP) is 1.25. The summed E-state index contributed by atoms with van der Waals surface area (Å²) >= 11 is 0. The van der Waals surface area contributed by atoms with Gasteiger partial charge >= 0.3 is 5.97 Å². The van der Waals surface area contributed by atoms with Crippen LogP contribution in [0.3, 0.4) is 0 Å². The molecule has 2 N–H and O–H groups in total. The highest BCUT2D eigenvalue weighted by Crippen LogP contribution is 2.15. The highest BCUT2D eigenvalue weighted by Gasteiger charge is 2.34. The van der Waals surface area contributed by atoms with Gasteiger partial charge in [-0.25, -0.2) is 4.39 Å². The Balaban J connectivity index is 1.92. The van der Waals surface area contributed by atoms with Crippen LogP contribution in [0, 0.1) is 11.7 Å². The van der Waals surface area contributed by atoms with Crippen LogP contribution in [0.15, 0.2) is 24.3 Å². The van der Waals surface area contributed by atoms with Crippen molar-refractivity contribution in [2.45, 2.75) is 46.1 Å². The third-order valence-corrected chi connectivity index (χ3v) is 5.25. The Morgan fingerprint density at radius 3 is 2.30 bits per heavy atom. The number of hydrogen-bond acceptors (Lipinski definition) is 4. The summed E-state index contributed by atoms with van der Waals surface area (Å²) in [5.41, 5.74) is -0.0470. The van der Waals surface area contributed by atoms with E-state index in [1.807, 2.05) is 20.8 Å². The maximum Gasteiger partial charge on any atom is 0.309 e. The van der Waals surface area contributed by atoms with E-state index >= 15 is 0 Å². The van der Waals surface area contributed by atoms with Crippen molar-refractivity contribution in [2.75, 3.05) is 38.1 Å². The topological polar surface area (TPSA) is 80.2 Å². The molecule has 1 aromatic carbocycles. The lowest BCUT2D eigenvalue weighted by molar-refractivity contribution is -0.898. The fraction of sp³-hybridized carbons (Fsp3) is 0.591. The van der Waals surface area contributed by atoms with E-state index in [4.69, 9.17) is 4.74 Å². The van der Waals surface area contributed by atoms with Crippen LogP contribution < -0.4 is 10.2 Å². The second-order valence-corrected chi connectivity index (χ2v) is 8.66. The molecule has 2 rings (SSSR count). The molecule has 2 amide bonds. The predicted molar refractivity (Wildman–Crippen MR) is 111 cm³/mol. The lowest BCUT2D eigenvalue weighted by atomic mass is 9.97. The minimum atomic E-state index is -0.528. The monoisotopic (exact) mass is 422 g/mol. The standard InChI is InChI=1S/C22H32FN3O4/c1-5-30-21(29)16-10-12-25(13-11-16)15-20(28)26(22(2,3)4)14-19(27)24-18-8-6-17(23)7-9-18/h6-9,16H,5,10-15H2,1-4H3,(H,24,27)/p+1. The van der Waals surface area contributed by atoms with Crippen molar-refractivity contribution in [1.82, 2.24) is 4.90 Å². The van der Waals surface area contributed by atoms with E-state index in [-0.39, 0.29) is 42.6 Å². The molecule has 0 unspecified atom stereocenters. The van der Waals surface area contributed by atoms with Gasteiger partial charge in [0.1, 0.15) is 12.4 Å². The van der Waals surface area contributed by atoms with Crippen molar-refractivity contribution in [2.24, 2.45) is 5.92 Å². The molecule has 1 aliphatic rings. The van der Waals surface area contributed by atoms with Crippen LogP contribution in [0.1, 0.15) is 40.5 Å². The van der Waals surface area contributed by atoms with E-state index < -0.39 is 5.54 Å². The first-order chi connectivity index (χ1) is 14.1. The smallest absolute Gasteiger partial charge is 0.309 e. The number of piperidine rings is 1. The molecule has 1 heterocycles. The Bertz CT molecular complexity index is 738. The molecule has 0 bridgehead atoms. The molecule has 0 aliphatic carbocycles. The van der Waals surface area contributed by atoms with E-state index in [0.717, 1.165) is 18.0 Å². The van der Waals surface area contributed by atoms with E-state index in [2.05, 4.69) is 5.32 Å². The number of carbonyl (C=O) groups excluding carboxylic acids is 3. The van der Waals surface area contributed by atoms with E-state index in [1.165, 1.54) is 24.3 Å². The molecule has 0 radical (unpaired) electrons. The first-order valence-corrected chi connectivity index (χ1v) is 10.5. The number of amides is 2. The Morgan fingerprint density at radius 2 is 1.77 bits per heavy atom. The first kappa shape index (κ1) is 23.8. The Kier molecular flexibility index (Phi) is 8.34. The lowest BCUT2D eigenvalue weighted by Crippen LogP contribution is -3.14. The van der Waals surface area contributed by atoms with Crippen molar-refractivity contribution >= 4 is 23.5 Å². The van der Waals surface area contributed by atoms with Gasteiger partial charge in [0.05, 0.1) is 25.6 Å². The number of ether oxygens (including phenoxy) is 1. The quantitative estimate of drug-likeness (QED) is 0.648. The number of halogens is 1. The van der Waals surface area contributed by atoms with Gasteiger partial charge in [-0.3, -0.25) is 14.4 Å². The fourth-order valence-electron chi connectivity index (χ4n) is 3.58. The zero-order valence-corrected chi connectivity index (χ0v) is 18.3. The van der Waals surface area contributed by atoms with Crippen LogP contribution >= 0.6 is 0 Å². The molecule has 8 heteroatoms. The van der Waals surface area contributed by atoms with Crippen LogP contribution in [-0.4, -0.2) is 61.0 Å². The van der Waals surface area contributed by atoms with Crippen molar-refractivity contribution in [3.63, 3.8) is 0 Å². The van der Waals surface area contributed by atoms with Crippen LogP contribution in [0.2, 0.25) is 0 Å². The van der Waals surface area contributed by atoms with E-state index in [0.29, 0.717) is 25.1 Å². The molecule has 0 atom stereocenters. The number of likely N-dealkylation sites (tertiary alicyclic amines) is 1.